The fraction of sp³-hybridized carbons (Fsp3) is 0.364. The average Bonchev–Trinajstić information content (AvgIpc) is 2.63. The number of likely N-dealkylation sites (N-methyl/N-ethyl adjacent to an activating group) is 1. The molecule has 0 spiro atoms. The molecule has 15 heavy (non-hydrogen) atoms. The molecule has 4 heteroatoms. The zero-order valence-electron chi connectivity index (χ0n) is 8.67. The number of H-pyrrole nitrogens is 1. The molecule has 2 N–H and O–H groups in total. The van der Waals surface area contributed by atoms with Crippen LogP contribution in [0.2, 0.25) is 0 Å². The van der Waals surface area contributed by atoms with E-state index in [0.29, 0.717) is 14.5 Å². The van der Waals surface area contributed by atoms with Crippen LogP contribution in [-0.4, -0.2) is 32.6 Å². The van der Waals surface area contributed by atoms with Crippen molar-refractivity contribution >= 4 is 24.3 Å². The zero-order chi connectivity index (χ0) is 10.7. The summed E-state index contributed by atoms with van der Waals surface area (Å²) in [4.78, 5) is 17.1. The second-order valence-electron chi connectivity index (χ2n) is 3.41. The molecule has 80 valence electrons. The van der Waals surface area contributed by atoms with Crippen LogP contribution in [0.15, 0.2) is 22.0 Å². The molecule has 2 aromatic rings. The molecule has 2 heterocycles. The molecule has 0 radical (unpaired) electrons. The minimum atomic E-state index is 0.158. The molecule has 0 unspecified atom stereocenters. The van der Waals surface area contributed by atoms with Crippen molar-refractivity contribution in [2.45, 2.75) is 13.3 Å². The summed E-state index contributed by atoms with van der Waals surface area (Å²) in [5.74, 6) is 0. The van der Waals surface area contributed by atoms with Gasteiger partial charge in [0.25, 0.3) is 0 Å². The van der Waals surface area contributed by atoms with Gasteiger partial charge >= 0.3 is 94.0 Å². The van der Waals surface area contributed by atoms with E-state index in [1.54, 1.807) is 12.3 Å². The number of pyridine rings is 1. The Hall–Kier alpha value is -0.831. The topological polar surface area (TPSA) is 44.9 Å². The van der Waals surface area contributed by atoms with E-state index < -0.39 is 0 Å². The third-order valence-electron chi connectivity index (χ3n) is 2.38. The van der Waals surface area contributed by atoms with Gasteiger partial charge in [0.15, 0.2) is 0 Å². The van der Waals surface area contributed by atoms with Gasteiger partial charge in [-0.3, -0.25) is 0 Å². The fourth-order valence-corrected chi connectivity index (χ4v) is 3.69. The van der Waals surface area contributed by atoms with Gasteiger partial charge in [-0.25, -0.2) is 0 Å². The van der Waals surface area contributed by atoms with Crippen LogP contribution in [0.5, 0.6) is 0 Å². The molecule has 2 rings (SSSR count). The fourth-order valence-electron chi connectivity index (χ4n) is 1.63. The molecule has 0 bridgehead atoms. The molecule has 0 amide bonds. The maximum atomic E-state index is 11.7. The Morgan fingerprint density at radius 2 is 2.40 bits per heavy atom. The molecular formula is C11H14N2OSe. The van der Waals surface area contributed by atoms with Crippen LogP contribution < -0.4 is 10.7 Å². The quantitative estimate of drug-likeness (QED) is 0.635. The van der Waals surface area contributed by atoms with E-state index in [2.05, 4.69) is 22.2 Å². The molecule has 0 aliphatic rings. The van der Waals surface area contributed by atoms with Crippen molar-refractivity contribution < 1.29 is 0 Å². The standard InChI is InChI=1S/C11H14N2OSe/c1-2-12-5-3-8-7-15-11-10(8)9(14)4-6-13-11/h4,6-7,12H,2-3,5H2,1H3,(H,13,14). The first-order valence-corrected chi connectivity index (χ1v) is 6.96. The Balaban J connectivity index is 2.32. The molecule has 0 fully saturated rings. The number of fused-ring (bicyclic) bond motifs is 1. The predicted molar refractivity (Wildman–Crippen MR) is 63.8 cm³/mol. The van der Waals surface area contributed by atoms with Gasteiger partial charge in [0.1, 0.15) is 0 Å². The van der Waals surface area contributed by atoms with E-state index in [-0.39, 0.29) is 5.43 Å². The second kappa shape index (κ2) is 4.79. The van der Waals surface area contributed by atoms with E-state index in [4.69, 9.17) is 0 Å². The minimum absolute atomic E-state index is 0.158. The summed E-state index contributed by atoms with van der Waals surface area (Å²) in [6.45, 7) is 4.02. The molecule has 3 nitrogen and oxygen atoms in total. The predicted octanol–water partition coefficient (Wildman–Crippen LogP) is 0.737. The summed E-state index contributed by atoms with van der Waals surface area (Å²) >= 11 is 0.317. The first-order valence-electron chi connectivity index (χ1n) is 5.11. The van der Waals surface area contributed by atoms with E-state index in [1.165, 1.54) is 5.56 Å². The van der Waals surface area contributed by atoms with Crippen molar-refractivity contribution in [3.05, 3.63) is 33.0 Å². The van der Waals surface area contributed by atoms with Crippen molar-refractivity contribution in [1.82, 2.24) is 10.3 Å². The first kappa shape index (κ1) is 10.7. The SMILES string of the molecule is CCNCCc1c[se]c2[nH]ccc(=O)c12. The number of nitrogens with one attached hydrogen (secondary N) is 2. The van der Waals surface area contributed by atoms with Crippen molar-refractivity contribution in [2.75, 3.05) is 13.1 Å². The van der Waals surface area contributed by atoms with Gasteiger partial charge in [-0.1, -0.05) is 0 Å². The normalized spacial score (nSPS) is 11.0. The van der Waals surface area contributed by atoms with Gasteiger partial charge in [-0.15, -0.1) is 0 Å². The Morgan fingerprint density at radius 1 is 1.53 bits per heavy atom. The summed E-state index contributed by atoms with van der Waals surface area (Å²) in [6.07, 6.45) is 2.69. The monoisotopic (exact) mass is 270 g/mol. The van der Waals surface area contributed by atoms with Crippen LogP contribution in [0.4, 0.5) is 0 Å². The molecule has 0 aliphatic heterocycles. The van der Waals surface area contributed by atoms with Gasteiger partial charge in [0.05, 0.1) is 0 Å². The zero-order valence-corrected chi connectivity index (χ0v) is 10.4. The van der Waals surface area contributed by atoms with Gasteiger partial charge < -0.3 is 0 Å². The van der Waals surface area contributed by atoms with Gasteiger partial charge in [-0.05, 0) is 0 Å². The summed E-state index contributed by atoms with van der Waals surface area (Å²) < 4.78 is 1.13. The molecular weight excluding hydrogens is 255 g/mol. The van der Waals surface area contributed by atoms with E-state index in [9.17, 15) is 4.79 Å². The van der Waals surface area contributed by atoms with Crippen LogP contribution in [0.1, 0.15) is 12.5 Å². The van der Waals surface area contributed by atoms with Crippen LogP contribution >= 0.6 is 0 Å². The van der Waals surface area contributed by atoms with Crippen LogP contribution in [0.25, 0.3) is 9.78 Å². The molecule has 0 aliphatic carbocycles. The van der Waals surface area contributed by atoms with Gasteiger partial charge in [0, 0.05) is 0 Å². The second-order valence-corrected chi connectivity index (χ2v) is 5.26. The van der Waals surface area contributed by atoms with Crippen molar-refractivity contribution in [3.8, 4) is 0 Å². The van der Waals surface area contributed by atoms with Gasteiger partial charge in [-0.2, -0.15) is 0 Å². The van der Waals surface area contributed by atoms with Crippen LogP contribution in [0.3, 0.4) is 0 Å². The molecule has 0 aromatic carbocycles. The van der Waals surface area contributed by atoms with E-state index in [1.807, 2.05) is 0 Å². The Morgan fingerprint density at radius 3 is 3.20 bits per heavy atom. The van der Waals surface area contributed by atoms with Crippen LogP contribution in [-0.2, 0) is 6.42 Å². The molecule has 2 aromatic heterocycles. The molecule has 0 saturated heterocycles. The average molecular weight is 269 g/mol. The number of rotatable bonds is 4. The Bertz CT molecular complexity index is 501. The third-order valence-corrected chi connectivity index (χ3v) is 4.40. The summed E-state index contributed by atoms with van der Waals surface area (Å²) in [6, 6.07) is 1.61. The number of aromatic nitrogens is 1. The molecule has 0 atom stereocenters. The van der Waals surface area contributed by atoms with Crippen molar-refractivity contribution in [1.29, 1.82) is 0 Å². The van der Waals surface area contributed by atoms with Crippen molar-refractivity contribution in [2.24, 2.45) is 0 Å². The summed E-state index contributed by atoms with van der Waals surface area (Å²) in [5.41, 5.74) is 1.37. The van der Waals surface area contributed by atoms with E-state index in [0.717, 1.165) is 29.3 Å². The van der Waals surface area contributed by atoms with Gasteiger partial charge in [0.2, 0.25) is 0 Å². The molecule has 0 saturated carbocycles. The summed E-state index contributed by atoms with van der Waals surface area (Å²) in [7, 11) is 0. The first-order chi connectivity index (χ1) is 7.33. The van der Waals surface area contributed by atoms with Crippen LogP contribution in [0, 0.1) is 0 Å². The Labute approximate surface area is 94.3 Å². The number of hydrogen-bond acceptors (Lipinski definition) is 2. The van der Waals surface area contributed by atoms with E-state index >= 15 is 0 Å². The maximum absolute atomic E-state index is 11.7. The summed E-state index contributed by atoms with van der Waals surface area (Å²) in [5, 5.41) is 4.21. The van der Waals surface area contributed by atoms with Crippen molar-refractivity contribution in [3.63, 3.8) is 0 Å². The number of hydrogen-bond donors (Lipinski definition) is 2. The number of aromatic amines is 1. The Kier molecular flexibility index (Phi) is 3.41. The third kappa shape index (κ3) is 2.23.